The first-order valence-electron chi connectivity index (χ1n) is 7.56. The van der Waals surface area contributed by atoms with Crippen molar-refractivity contribution < 1.29 is 5.11 Å². The number of hydrogen-bond acceptors (Lipinski definition) is 4. The van der Waals surface area contributed by atoms with Crippen LogP contribution in [0.25, 0.3) is 16.9 Å². The van der Waals surface area contributed by atoms with Gasteiger partial charge in [-0.05, 0) is 30.2 Å². The molecule has 2 aromatic heterocycles. The number of benzene rings is 1. The van der Waals surface area contributed by atoms with Crippen molar-refractivity contribution in [3.05, 3.63) is 47.6 Å². The van der Waals surface area contributed by atoms with Crippen molar-refractivity contribution in [3.8, 4) is 11.3 Å². The monoisotopic (exact) mass is 330 g/mol. The van der Waals surface area contributed by atoms with Crippen molar-refractivity contribution in [1.29, 1.82) is 0 Å². The molecule has 0 saturated carbocycles. The van der Waals surface area contributed by atoms with E-state index in [0.717, 1.165) is 16.9 Å². The summed E-state index contributed by atoms with van der Waals surface area (Å²) in [6.45, 7) is 4.17. The Balaban J connectivity index is 2.00. The highest BCUT2D eigenvalue weighted by molar-refractivity contribution is 6.30. The molecule has 0 amide bonds. The van der Waals surface area contributed by atoms with Crippen molar-refractivity contribution in [2.24, 2.45) is 5.92 Å². The van der Waals surface area contributed by atoms with Crippen LogP contribution in [0.1, 0.15) is 13.8 Å². The molecule has 0 aliphatic carbocycles. The fraction of sp³-hybridized carbons (Fsp3) is 0.294. The second-order valence-corrected chi connectivity index (χ2v) is 6.26. The minimum atomic E-state index is -0.0434. The summed E-state index contributed by atoms with van der Waals surface area (Å²) >= 11 is 6.08. The fourth-order valence-corrected chi connectivity index (χ4v) is 2.60. The van der Waals surface area contributed by atoms with Gasteiger partial charge in [0.1, 0.15) is 5.82 Å². The Morgan fingerprint density at radius 1 is 1.26 bits per heavy atom. The third-order valence-corrected chi connectivity index (χ3v) is 4.05. The summed E-state index contributed by atoms with van der Waals surface area (Å²) in [5.74, 6) is 0.999. The molecular formula is C17H19ClN4O. The molecule has 0 aliphatic heterocycles. The molecule has 23 heavy (non-hydrogen) atoms. The number of anilines is 1. The van der Waals surface area contributed by atoms with E-state index in [1.54, 1.807) is 10.7 Å². The number of halogens is 1. The van der Waals surface area contributed by atoms with E-state index < -0.39 is 0 Å². The summed E-state index contributed by atoms with van der Waals surface area (Å²) in [5.41, 5.74) is 2.59. The van der Waals surface area contributed by atoms with E-state index in [1.807, 2.05) is 36.4 Å². The minimum Gasteiger partial charge on any atom is -0.394 e. The lowest BCUT2D eigenvalue weighted by molar-refractivity contribution is 0.249. The Morgan fingerprint density at radius 2 is 2.09 bits per heavy atom. The minimum absolute atomic E-state index is 0.0434. The van der Waals surface area contributed by atoms with Crippen molar-refractivity contribution in [2.75, 3.05) is 11.9 Å². The van der Waals surface area contributed by atoms with Crippen LogP contribution in [0.3, 0.4) is 0 Å². The molecule has 0 bridgehead atoms. The molecule has 0 radical (unpaired) electrons. The molecule has 3 rings (SSSR count). The number of nitrogens with zero attached hydrogens (tertiary/aromatic N) is 3. The SMILES string of the molecule is CC(C)C(CO)Nc1ccc2ncc(-c3cccc(Cl)c3)n2n1. The van der Waals surface area contributed by atoms with Gasteiger partial charge in [0.2, 0.25) is 0 Å². The molecular weight excluding hydrogens is 312 g/mol. The number of aliphatic hydroxyl groups excluding tert-OH is 1. The van der Waals surface area contributed by atoms with E-state index in [-0.39, 0.29) is 12.6 Å². The van der Waals surface area contributed by atoms with Crippen LogP contribution in [0.15, 0.2) is 42.6 Å². The van der Waals surface area contributed by atoms with Gasteiger partial charge in [0, 0.05) is 10.6 Å². The summed E-state index contributed by atoms with van der Waals surface area (Å²) in [6.07, 6.45) is 1.78. The van der Waals surface area contributed by atoms with Crippen LogP contribution < -0.4 is 5.32 Å². The van der Waals surface area contributed by atoms with Gasteiger partial charge >= 0.3 is 0 Å². The number of fused-ring (bicyclic) bond motifs is 1. The van der Waals surface area contributed by atoms with Gasteiger partial charge in [-0.25, -0.2) is 9.50 Å². The van der Waals surface area contributed by atoms with E-state index in [4.69, 9.17) is 11.6 Å². The zero-order chi connectivity index (χ0) is 16.4. The maximum absolute atomic E-state index is 9.47. The first kappa shape index (κ1) is 15.8. The van der Waals surface area contributed by atoms with Gasteiger partial charge in [-0.1, -0.05) is 37.6 Å². The number of rotatable bonds is 5. The van der Waals surface area contributed by atoms with Crippen molar-refractivity contribution in [1.82, 2.24) is 14.6 Å². The lowest BCUT2D eigenvalue weighted by Crippen LogP contribution is -2.30. The molecule has 0 fully saturated rings. The van der Waals surface area contributed by atoms with Crippen LogP contribution in [-0.2, 0) is 0 Å². The normalized spacial score (nSPS) is 12.7. The van der Waals surface area contributed by atoms with Crippen LogP contribution in [-0.4, -0.2) is 32.4 Å². The Hall–Kier alpha value is -2.11. The molecule has 0 spiro atoms. The highest BCUT2D eigenvalue weighted by Gasteiger charge is 2.14. The van der Waals surface area contributed by atoms with E-state index in [0.29, 0.717) is 16.8 Å². The average molecular weight is 331 g/mol. The molecule has 0 aliphatic rings. The third-order valence-electron chi connectivity index (χ3n) is 3.82. The second-order valence-electron chi connectivity index (χ2n) is 5.82. The fourth-order valence-electron chi connectivity index (χ4n) is 2.41. The van der Waals surface area contributed by atoms with Crippen molar-refractivity contribution in [3.63, 3.8) is 0 Å². The van der Waals surface area contributed by atoms with Crippen LogP contribution in [0.4, 0.5) is 5.82 Å². The summed E-state index contributed by atoms with van der Waals surface area (Å²) in [7, 11) is 0. The maximum atomic E-state index is 9.47. The molecule has 2 N–H and O–H groups in total. The Morgan fingerprint density at radius 3 is 2.78 bits per heavy atom. The molecule has 120 valence electrons. The van der Waals surface area contributed by atoms with Gasteiger partial charge in [-0.3, -0.25) is 0 Å². The smallest absolute Gasteiger partial charge is 0.154 e. The molecule has 0 saturated heterocycles. The third kappa shape index (κ3) is 3.30. The van der Waals surface area contributed by atoms with E-state index in [9.17, 15) is 5.11 Å². The highest BCUT2D eigenvalue weighted by atomic mass is 35.5. The van der Waals surface area contributed by atoms with Gasteiger partial charge < -0.3 is 10.4 Å². The Kier molecular flexibility index (Phi) is 4.50. The van der Waals surface area contributed by atoms with Gasteiger partial charge in [-0.15, -0.1) is 5.10 Å². The lowest BCUT2D eigenvalue weighted by atomic mass is 10.1. The van der Waals surface area contributed by atoms with E-state index >= 15 is 0 Å². The van der Waals surface area contributed by atoms with E-state index in [1.165, 1.54) is 0 Å². The average Bonchev–Trinajstić information content (AvgIpc) is 2.95. The predicted molar refractivity (Wildman–Crippen MR) is 92.8 cm³/mol. The summed E-state index contributed by atoms with van der Waals surface area (Å²) in [5, 5.41) is 18.0. The van der Waals surface area contributed by atoms with Crippen LogP contribution in [0.5, 0.6) is 0 Å². The largest absolute Gasteiger partial charge is 0.394 e. The van der Waals surface area contributed by atoms with Crippen LogP contribution in [0, 0.1) is 5.92 Å². The lowest BCUT2D eigenvalue weighted by Gasteiger charge is -2.20. The quantitative estimate of drug-likeness (QED) is 0.752. The topological polar surface area (TPSA) is 62.5 Å². The van der Waals surface area contributed by atoms with Gasteiger partial charge in [-0.2, -0.15) is 0 Å². The van der Waals surface area contributed by atoms with Crippen LogP contribution in [0.2, 0.25) is 5.02 Å². The van der Waals surface area contributed by atoms with Gasteiger partial charge in [0.25, 0.3) is 0 Å². The number of aromatic nitrogens is 3. The first-order chi connectivity index (χ1) is 11.1. The molecule has 5 nitrogen and oxygen atoms in total. The first-order valence-corrected chi connectivity index (χ1v) is 7.94. The molecule has 1 unspecified atom stereocenters. The molecule has 3 aromatic rings. The molecule has 2 heterocycles. The maximum Gasteiger partial charge on any atom is 0.154 e. The summed E-state index contributed by atoms with van der Waals surface area (Å²) < 4.78 is 1.78. The zero-order valence-corrected chi connectivity index (χ0v) is 13.8. The second kappa shape index (κ2) is 6.56. The van der Waals surface area contributed by atoms with Gasteiger partial charge in [0.15, 0.2) is 5.65 Å². The number of nitrogens with one attached hydrogen (secondary N) is 1. The molecule has 1 aromatic carbocycles. The van der Waals surface area contributed by atoms with Crippen LogP contribution >= 0.6 is 11.6 Å². The van der Waals surface area contributed by atoms with E-state index in [2.05, 4.69) is 29.2 Å². The molecule has 6 heteroatoms. The van der Waals surface area contributed by atoms with Crippen molar-refractivity contribution in [2.45, 2.75) is 19.9 Å². The molecule has 1 atom stereocenters. The van der Waals surface area contributed by atoms with Crippen molar-refractivity contribution >= 4 is 23.1 Å². The number of hydrogen-bond donors (Lipinski definition) is 2. The highest BCUT2D eigenvalue weighted by Crippen LogP contribution is 2.24. The van der Waals surface area contributed by atoms with Gasteiger partial charge in [0.05, 0.1) is 24.5 Å². The Labute approximate surface area is 139 Å². The standard InChI is InChI=1S/C17H19ClN4O/c1-11(2)14(10-23)20-16-6-7-17-19-9-15(22(17)21-16)12-4-3-5-13(18)8-12/h3-9,11,14,23H,10H2,1-2H3,(H,20,21). The summed E-state index contributed by atoms with van der Waals surface area (Å²) in [6, 6.07) is 11.3. The summed E-state index contributed by atoms with van der Waals surface area (Å²) in [4.78, 5) is 4.38. The Bertz CT molecular complexity index is 815. The zero-order valence-electron chi connectivity index (χ0n) is 13.1. The predicted octanol–water partition coefficient (Wildman–Crippen LogP) is 3.48. The number of aliphatic hydroxyl groups is 1. The number of imidazole rings is 1.